The molecular formula is C21H25FIN7S. The molecule has 3 rings (SSSR count). The first kappa shape index (κ1) is 24.6. The molecule has 0 aliphatic carbocycles. The second-order valence-electron chi connectivity index (χ2n) is 6.57. The largest absolute Gasteiger partial charge is 0.382 e. The van der Waals surface area contributed by atoms with Crippen molar-refractivity contribution in [2.75, 3.05) is 25.9 Å². The molecule has 3 aromatic rings. The van der Waals surface area contributed by atoms with E-state index in [9.17, 15) is 9.65 Å². The number of hydrogen-bond acceptors (Lipinski definition) is 5. The third-order valence-corrected chi connectivity index (χ3v) is 5.46. The normalized spacial score (nSPS) is 10.9. The van der Waals surface area contributed by atoms with Crippen LogP contribution < -0.4 is 16.4 Å². The number of aromatic nitrogens is 2. The highest BCUT2D eigenvalue weighted by molar-refractivity contribution is 14.0. The summed E-state index contributed by atoms with van der Waals surface area (Å²) in [5, 5.41) is 22.6. The van der Waals surface area contributed by atoms with E-state index in [-0.39, 0.29) is 35.6 Å². The molecule has 7 nitrogen and oxygen atoms in total. The fourth-order valence-electron chi connectivity index (χ4n) is 3.00. The number of aliphatic imine (C=N–C) groups is 1. The van der Waals surface area contributed by atoms with Crippen LogP contribution in [-0.4, -0.2) is 35.9 Å². The Balaban J connectivity index is 0.00000341. The molecule has 0 saturated heterocycles. The molecule has 10 heteroatoms. The Hall–Kier alpha value is -2.65. The van der Waals surface area contributed by atoms with Crippen molar-refractivity contribution in [3.8, 4) is 11.8 Å². The molecular weight excluding hydrogens is 528 g/mol. The minimum atomic E-state index is -0.339. The highest BCUT2D eigenvalue weighted by Crippen LogP contribution is 2.21. The van der Waals surface area contributed by atoms with Gasteiger partial charge in [0.05, 0.1) is 11.4 Å². The van der Waals surface area contributed by atoms with Gasteiger partial charge in [0.2, 0.25) is 0 Å². The third kappa shape index (κ3) is 6.67. The van der Waals surface area contributed by atoms with E-state index in [2.05, 4.69) is 38.2 Å². The van der Waals surface area contributed by atoms with Crippen molar-refractivity contribution in [2.45, 2.75) is 19.3 Å². The average molecular weight is 553 g/mol. The molecule has 164 valence electrons. The number of rotatable bonds is 8. The maximum atomic E-state index is 13.2. The van der Waals surface area contributed by atoms with Crippen molar-refractivity contribution in [1.29, 1.82) is 5.26 Å². The Morgan fingerprint density at radius 2 is 1.97 bits per heavy atom. The number of nitrogens with two attached hydrogens (primary N) is 1. The van der Waals surface area contributed by atoms with Crippen molar-refractivity contribution in [3.05, 3.63) is 63.7 Å². The Morgan fingerprint density at radius 3 is 2.61 bits per heavy atom. The first-order chi connectivity index (χ1) is 14.6. The molecule has 0 fully saturated rings. The maximum Gasteiger partial charge on any atom is 0.190 e. The summed E-state index contributed by atoms with van der Waals surface area (Å²) in [5.74, 6) is 0.662. The predicted molar refractivity (Wildman–Crippen MR) is 134 cm³/mol. The van der Waals surface area contributed by atoms with Crippen LogP contribution in [0.1, 0.15) is 22.6 Å². The van der Waals surface area contributed by atoms with Crippen LogP contribution in [0.2, 0.25) is 0 Å². The van der Waals surface area contributed by atoms with Gasteiger partial charge in [0.25, 0.3) is 0 Å². The van der Waals surface area contributed by atoms with Gasteiger partial charge in [0.1, 0.15) is 23.3 Å². The van der Waals surface area contributed by atoms with Crippen LogP contribution in [0, 0.1) is 17.1 Å². The molecule has 1 aromatic carbocycles. The predicted octanol–water partition coefficient (Wildman–Crippen LogP) is 3.49. The van der Waals surface area contributed by atoms with Crippen LogP contribution >= 0.6 is 35.3 Å². The molecule has 2 aromatic heterocycles. The van der Waals surface area contributed by atoms with Gasteiger partial charge in [0.15, 0.2) is 5.96 Å². The Morgan fingerprint density at radius 1 is 1.23 bits per heavy atom. The number of nitrogens with zero attached hydrogens (tertiary/aromatic N) is 4. The van der Waals surface area contributed by atoms with Gasteiger partial charge in [-0.25, -0.2) is 9.07 Å². The lowest BCUT2D eigenvalue weighted by atomic mass is 10.1. The minimum absolute atomic E-state index is 0. The van der Waals surface area contributed by atoms with Crippen LogP contribution in [0.5, 0.6) is 0 Å². The maximum absolute atomic E-state index is 13.2. The molecule has 0 unspecified atom stereocenters. The lowest BCUT2D eigenvalue weighted by Crippen LogP contribution is -2.38. The van der Waals surface area contributed by atoms with E-state index in [0.29, 0.717) is 29.9 Å². The number of anilines is 1. The van der Waals surface area contributed by atoms with E-state index < -0.39 is 0 Å². The number of halogens is 2. The van der Waals surface area contributed by atoms with E-state index in [1.807, 2.05) is 6.07 Å². The van der Waals surface area contributed by atoms with E-state index in [1.165, 1.54) is 21.7 Å². The van der Waals surface area contributed by atoms with Gasteiger partial charge in [0, 0.05) is 25.0 Å². The Labute approximate surface area is 202 Å². The summed E-state index contributed by atoms with van der Waals surface area (Å²) >= 11 is 1.74. The van der Waals surface area contributed by atoms with Crippen molar-refractivity contribution in [2.24, 2.45) is 4.99 Å². The van der Waals surface area contributed by atoms with E-state index in [4.69, 9.17) is 5.73 Å². The van der Waals surface area contributed by atoms with Gasteiger partial charge < -0.3 is 16.4 Å². The van der Waals surface area contributed by atoms with E-state index in [0.717, 1.165) is 25.3 Å². The van der Waals surface area contributed by atoms with Crippen LogP contribution in [-0.2, 0) is 12.8 Å². The Kier molecular flexibility index (Phi) is 9.74. The first-order valence-electron chi connectivity index (χ1n) is 9.62. The fourth-order valence-corrected chi connectivity index (χ4v) is 3.71. The molecule has 0 atom stereocenters. The zero-order valence-electron chi connectivity index (χ0n) is 17.1. The molecule has 0 radical (unpaired) electrons. The van der Waals surface area contributed by atoms with Crippen molar-refractivity contribution < 1.29 is 4.39 Å². The fraction of sp³-hybridized carbons (Fsp3) is 0.286. The third-order valence-electron chi connectivity index (χ3n) is 4.53. The summed E-state index contributed by atoms with van der Waals surface area (Å²) in [7, 11) is 1.74. The van der Waals surface area contributed by atoms with Gasteiger partial charge in [-0.05, 0) is 55.0 Å². The average Bonchev–Trinajstić information content (AvgIpc) is 3.38. The summed E-state index contributed by atoms with van der Waals surface area (Å²) in [6.45, 7) is 1.48. The standard InChI is InChI=1S/C21H24FN7S.HI/c1-25-21(27-12-10-17-4-3-13-30-17)26-11-2-5-19-18(14-23)20(24)29(28-19)16-8-6-15(22)7-9-16;/h3-4,6-9,13H,2,5,10-12,24H2,1H3,(H2,25,26,27);1H. The summed E-state index contributed by atoms with van der Waals surface area (Å²) < 4.78 is 14.6. The lowest BCUT2D eigenvalue weighted by molar-refractivity contribution is 0.627. The summed E-state index contributed by atoms with van der Waals surface area (Å²) in [4.78, 5) is 5.56. The van der Waals surface area contributed by atoms with E-state index >= 15 is 0 Å². The molecule has 2 heterocycles. The van der Waals surface area contributed by atoms with Gasteiger partial charge in [-0.2, -0.15) is 10.4 Å². The van der Waals surface area contributed by atoms with Crippen molar-refractivity contribution in [3.63, 3.8) is 0 Å². The quantitative estimate of drug-likeness (QED) is 0.172. The number of thiophene rings is 1. The smallest absolute Gasteiger partial charge is 0.190 e. The highest BCUT2D eigenvalue weighted by Gasteiger charge is 2.16. The zero-order valence-corrected chi connectivity index (χ0v) is 20.3. The molecule has 0 amide bonds. The van der Waals surface area contributed by atoms with Crippen molar-refractivity contribution >= 4 is 47.1 Å². The van der Waals surface area contributed by atoms with Crippen molar-refractivity contribution in [1.82, 2.24) is 20.4 Å². The number of nitriles is 1. The van der Waals surface area contributed by atoms with Crippen LogP contribution in [0.3, 0.4) is 0 Å². The van der Waals surface area contributed by atoms with Crippen LogP contribution in [0.15, 0.2) is 46.8 Å². The minimum Gasteiger partial charge on any atom is -0.382 e. The number of aryl methyl sites for hydroxylation is 1. The second kappa shape index (κ2) is 12.3. The first-order valence-corrected chi connectivity index (χ1v) is 10.5. The van der Waals surface area contributed by atoms with Gasteiger partial charge in [-0.3, -0.25) is 4.99 Å². The summed E-state index contributed by atoms with van der Waals surface area (Å²) in [6.07, 6.45) is 2.28. The molecule has 0 spiro atoms. The van der Waals surface area contributed by atoms with Gasteiger partial charge in [-0.15, -0.1) is 35.3 Å². The molecule has 0 aliphatic rings. The van der Waals surface area contributed by atoms with E-state index in [1.54, 1.807) is 30.5 Å². The molecule has 31 heavy (non-hydrogen) atoms. The number of guanidine groups is 1. The summed E-state index contributed by atoms with van der Waals surface area (Å²) in [6, 6.07) is 12.1. The molecule has 4 N–H and O–H groups in total. The van der Waals surface area contributed by atoms with Gasteiger partial charge >= 0.3 is 0 Å². The summed E-state index contributed by atoms with van der Waals surface area (Å²) in [5.41, 5.74) is 7.70. The SMILES string of the molecule is CN=C(NCCCc1nn(-c2ccc(F)cc2)c(N)c1C#N)NCCc1cccs1.I. The topological polar surface area (TPSA) is 104 Å². The number of benzene rings is 1. The molecule has 0 bridgehead atoms. The van der Waals surface area contributed by atoms with Crippen LogP contribution in [0.25, 0.3) is 5.69 Å². The van der Waals surface area contributed by atoms with Crippen LogP contribution in [0.4, 0.5) is 10.2 Å². The monoisotopic (exact) mass is 553 g/mol. The Bertz CT molecular complexity index is 1020. The lowest BCUT2D eigenvalue weighted by Gasteiger charge is -2.11. The number of hydrogen-bond donors (Lipinski definition) is 3. The zero-order chi connectivity index (χ0) is 21.3. The number of nitrogens with one attached hydrogen (secondary N) is 2. The molecule has 0 aliphatic heterocycles. The highest BCUT2D eigenvalue weighted by atomic mass is 127. The number of nitrogen functional groups attached to an aromatic ring is 1. The van der Waals surface area contributed by atoms with Gasteiger partial charge in [-0.1, -0.05) is 6.07 Å². The second-order valence-corrected chi connectivity index (χ2v) is 7.60. The molecule has 0 saturated carbocycles.